The number of rotatable bonds is 5. The molecule has 2 aliphatic carbocycles. The molecule has 1 spiro atoms. The van der Waals surface area contributed by atoms with Crippen LogP contribution in [0.1, 0.15) is 44.6 Å². The van der Waals surface area contributed by atoms with Gasteiger partial charge in [-0.05, 0) is 32.3 Å². The van der Waals surface area contributed by atoms with Gasteiger partial charge in [-0.3, -0.25) is 0 Å². The summed E-state index contributed by atoms with van der Waals surface area (Å²) in [6.07, 6.45) is 6.61. The van der Waals surface area contributed by atoms with Crippen LogP contribution in [-0.2, 0) is 11.3 Å². The highest BCUT2D eigenvalue weighted by molar-refractivity contribution is 5.18. The molecule has 1 aromatic carbocycles. The summed E-state index contributed by atoms with van der Waals surface area (Å²) < 4.78 is 19.6. The molecule has 2 atom stereocenters. The van der Waals surface area contributed by atoms with E-state index in [4.69, 9.17) is 4.74 Å². The summed E-state index contributed by atoms with van der Waals surface area (Å²) in [4.78, 5) is 0. The van der Waals surface area contributed by atoms with Crippen LogP contribution in [0, 0.1) is 11.2 Å². The molecular weight excluding hydrogens is 253 g/mol. The Morgan fingerprint density at radius 2 is 2.05 bits per heavy atom. The lowest BCUT2D eigenvalue weighted by Gasteiger charge is -2.54. The second-order valence-corrected chi connectivity index (χ2v) is 6.14. The van der Waals surface area contributed by atoms with E-state index in [1.165, 1.54) is 31.7 Å². The van der Waals surface area contributed by atoms with Crippen molar-refractivity contribution in [1.29, 1.82) is 0 Å². The first-order valence-electron chi connectivity index (χ1n) is 7.84. The summed E-state index contributed by atoms with van der Waals surface area (Å²) in [5.41, 5.74) is 1.09. The Morgan fingerprint density at radius 3 is 2.75 bits per heavy atom. The van der Waals surface area contributed by atoms with Crippen LogP contribution >= 0.6 is 0 Å². The van der Waals surface area contributed by atoms with Crippen molar-refractivity contribution in [2.24, 2.45) is 5.41 Å². The molecule has 2 aliphatic rings. The van der Waals surface area contributed by atoms with Gasteiger partial charge in [-0.25, -0.2) is 4.39 Å². The van der Waals surface area contributed by atoms with E-state index in [-0.39, 0.29) is 5.82 Å². The van der Waals surface area contributed by atoms with Gasteiger partial charge in [0.2, 0.25) is 0 Å². The number of halogens is 1. The number of hydrogen-bond acceptors (Lipinski definition) is 2. The molecule has 0 heterocycles. The van der Waals surface area contributed by atoms with Crippen molar-refractivity contribution in [3.63, 3.8) is 0 Å². The van der Waals surface area contributed by atoms with Crippen LogP contribution in [0.15, 0.2) is 24.3 Å². The van der Waals surface area contributed by atoms with Crippen molar-refractivity contribution in [3.8, 4) is 0 Å². The fraction of sp³-hybridized carbons (Fsp3) is 0.647. The Hall–Kier alpha value is -0.930. The molecule has 2 saturated carbocycles. The zero-order valence-electron chi connectivity index (χ0n) is 12.2. The van der Waals surface area contributed by atoms with E-state index in [1.54, 1.807) is 6.07 Å². The molecule has 0 bridgehead atoms. The summed E-state index contributed by atoms with van der Waals surface area (Å²) in [5.74, 6) is -0.110. The predicted octanol–water partition coefficient (Wildman–Crippen LogP) is 3.65. The van der Waals surface area contributed by atoms with Crippen molar-refractivity contribution in [2.75, 3.05) is 6.61 Å². The first kappa shape index (κ1) is 14.0. The molecule has 0 aliphatic heterocycles. The van der Waals surface area contributed by atoms with Crippen molar-refractivity contribution in [3.05, 3.63) is 35.6 Å². The minimum Gasteiger partial charge on any atom is -0.378 e. The summed E-state index contributed by atoms with van der Waals surface area (Å²) in [6, 6.07) is 7.52. The average molecular weight is 277 g/mol. The van der Waals surface area contributed by atoms with Gasteiger partial charge in [0.1, 0.15) is 5.82 Å². The molecule has 2 nitrogen and oxygen atoms in total. The lowest BCUT2D eigenvalue weighted by molar-refractivity contribution is -0.130. The second kappa shape index (κ2) is 5.82. The maximum atomic E-state index is 13.7. The normalized spacial score (nSPS) is 27.7. The van der Waals surface area contributed by atoms with Gasteiger partial charge in [-0.15, -0.1) is 0 Å². The number of hydrogen-bond donors (Lipinski definition) is 1. The SMILES string of the molecule is CCOC1CC(NCc2ccccc2F)C12CCCC2. The highest BCUT2D eigenvalue weighted by Gasteiger charge is 2.56. The molecule has 0 saturated heterocycles. The van der Waals surface area contributed by atoms with E-state index in [9.17, 15) is 4.39 Å². The molecule has 3 rings (SSSR count). The van der Waals surface area contributed by atoms with Gasteiger partial charge < -0.3 is 10.1 Å². The lowest BCUT2D eigenvalue weighted by Crippen LogP contribution is -2.62. The van der Waals surface area contributed by atoms with Crippen LogP contribution in [0.5, 0.6) is 0 Å². The first-order valence-corrected chi connectivity index (χ1v) is 7.84. The van der Waals surface area contributed by atoms with Crippen LogP contribution in [0.4, 0.5) is 4.39 Å². The Morgan fingerprint density at radius 1 is 1.30 bits per heavy atom. The van der Waals surface area contributed by atoms with Gasteiger partial charge in [-0.1, -0.05) is 31.0 Å². The molecular formula is C17H24FNO. The summed E-state index contributed by atoms with van der Waals surface area (Å²) >= 11 is 0. The molecule has 2 unspecified atom stereocenters. The molecule has 0 amide bonds. The van der Waals surface area contributed by atoms with Crippen LogP contribution in [-0.4, -0.2) is 18.8 Å². The molecule has 3 heteroatoms. The fourth-order valence-corrected chi connectivity index (χ4v) is 4.05. The molecule has 0 aromatic heterocycles. The van der Waals surface area contributed by atoms with Gasteiger partial charge in [0.15, 0.2) is 0 Å². The predicted molar refractivity (Wildman–Crippen MR) is 78.0 cm³/mol. The zero-order valence-corrected chi connectivity index (χ0v) is 12.2. The Kier molecular flexibility index (Phi) is 4.08. The summed E-state index contributed by atoms with van der Waals surface area (Å²) in [6.45, 7) is 3.49. The third-order valence-electron chi connectivity index (χ3n) is 5.18. The number of nitrogens with one attached hydrogen (secondary N) is 1. The topological polar surface area (TPSA) is 21.3 Å². The Balaban J connectivity index is 1.62. The molecule has 0 radical (unpaired) electrons. The highest BCUT2D eigenvalue weighted by Crippen LogP contribution is 2.54. The smallest absolute Gasteiger partial charge is 0.127 e. The fourth-order valence-electron chi connectivity index (χ4n) is 4.05. The van der Waals surface area contributed by atoms with E-state index in [0.29, 0.717) is 24.1 Å². The largest absolute Gasteiger partial charge is 0.378 e. The average Bonchev–Trinajstić information content (AvgIpc) is 2.96. The van der Waals surface area contributed by atoms with Crippen LogP contribution in [0.25, 0.3) is 0 Å². The number of benzene rings is 1. The number of ether oxygens (including phenoxy) is 1. The van der Waals surface area contributed by atoms with Gasteiger partial charge in [-0.2, -0.15) is 0 Å². The Labute approximate surface area is 120 Å². The van der Waals surface area contributed by atoms with Gasteiger partial charge in [0.05, 0.1) is 6.10 Å². The van der Waals surface area contributed by atoms with E-state index in [0.717, 1.165) is 18.6 Å². The van der Waals surface area contributed by atoms with Crippen molar-refractivity contribution >= 4 is 0 Å². The van der Waals surface area contributed by atoms with E-state index >= 15 is 0 Å². The van der Waals surface area contributed by atoms with Crippen LogP contribution in [0.3, 0.4) is 0 Å². The minimum atomic E-state index is -0.110. The Bertz CT molecular complexity index is 456. The van der Waals surface area contributed by atoms with Gasteiger partial charge in [0, 0.05) is 30.2 Å². The molecule has 20 heavy (non-hydrogen) atoms. The molecule has 1 N–H and O–H groups in total. The first-order chi connectivity index (χ1) is 9.76. The maximum Gasteiger partial charge on any atom is 0.127 e. The molecule has 110 valence electrons. The summed E-state index contributed by atoms with van der Waals surface area (Å²) in [5, 5.41) is 3.58. The van der Waals surface area contributed by atoms with Gasteiger partial charge >= 0.3 is 0 Å². The van der Waals surface area contributed by atoms with Crippen LogP contribution in [0.2, 0.25) is 0 Å². The second-order valence-electron chi connectivity index (χ2n) is 6.14. The molecule has 2 fully saturated rings. The third-order valence-corrected chi connectivity index (χ3v) is 5.18. The van der Waals surface area contributed by atoms with E-state index in [1.807, 2.05) is 12.1 Å². The maximum absolute atomic E-state index is 13.7. The highest BCUT2D eigenvalue weighted by atomic mass is 19.1. The lowest BCUT2D eigenvalue weighted by atomic mass is 9.60. The minimum absolute atomic E-state index is 0.110. The zero-order chi connectivity index (χ0) is 14.0. The van der Waals surface area contributed by atoms with Gasteiger partial charge in [0.25, 0.3) is 0 Å². The summed E-state index contributed by atoms with van der Waals surface area (Å²) in [7, 11) is 0. The van der Waals surface area contributed by atoms with Crippen LogP contribution < -0.4 is 5.32 Å². The standard InChI is InChI=1S/C17H24FNO/c1-2-20-16-11-15(17(16)9-5-6-10-17)19-12-13-7-3-4-8-14(13)18/h3-4,7-8,15-16,19H,2,5-6,9-12H2,1H3. The monoisotopic (exact) mass is 277 g/mol. The van der Waals surface area contributed by atoms with E-state index < -0.39 is 0 Å². The molecule has 1 aromatic rings. The van der Waals surface area contributed by atoms with Crippen molar-refractivity contribution < 1.29 is 9.13 Å². The van der Waals surface area contributed by atoms with Crippen molar-refractivity contribution in [1.82, 2.24) is 5.32 Å². The van der Waals surface area contributed by atoms with Crippen molar-refractivity contribution in [2.45, 2.75) is 57.7 Å². The third kappa shape index (κ3) is 2.38. The van der Waals surface area contributed by atoms with E-state index in [2.05, 4.69) is 12.2 Å². The quantitative estimate of drug-likeness (QED) is 0.887.